The van der Waals surface area contributed by atoms with Gasteiger partial charge in [-0.25, -0.2) is 4.98 Å². The average Bonchev–Trinajstić information content (AvgIpc) is 2.03. The fourth-order valence-corrected chi connectivity index (χ4v) is 0.676. The lowest BCUT2D eigenvalue weighted by atomic mass is 10.5. The number of ether oxygens (including phenoxy) is 1. The van der Waals surface area contributed by atoms with Crippen LogP contribution in [0.3, 0.4) is 0 Å². The van der Waals surface area contributed by atoms with Gasteiger partial charge in [-0.15, -0.1) is 0 Å². The third-order valence-electron chi connectivity index (χ3n) is 1.23. The average molecular weight is 193 g/mol. The normalized spacial score (nSPS) is 11.4. The molecule has 0 amide bonds. The van der Waals surface area contributed by atoms with Crippen molar-refractivity contribution >= 4 is 5.69 Å². The lowest BCUT2D eigenvalue weighted by Crippen LogP contribution is -2.12. The summed E-state index contributed by atoms with van der Waals surface area (Å²) in [6.45, 7) is 0. The SMILES string of the molecule is COc1nc(C(F)(F)F)ncc1N. The van der Waals surface area contributed by atoms with Crippen LogP contribution < -0.4 is 10.5 Å². The topological polar surface area (TPSA) is 61.0 Å². The van der Waals surface area contributed by atoms with E-state index in [2.05, 4.69) is 14.7 Å². The zero-order chi connectivity index (χ0) is 10.1. The zero-order valence-corrected chi connectivity index (χ0v) is 6.59. The van der Waals surface area contributed by atoms with Crippen molar-refractivity contribution in [1.29, 1.82) is 0 Å². The number of anilines is 1. The van der Waals surface area contributed by atoms with Crippen molar-refractivity contribution in [1.82, 2.24) is 9.97 Å². The Balaban J connectivity index is 3.14. The van der Waals surface area contributed by atoms with Crippen LogP contribution in [0.1, 0.15) is 5.82 Å². The highest BCUT2D eigenvalue weighted by Crippen LogP contribution is 2.28. The minimum absolute atomic E-state index is 0.0319. The summed E-state index contributed by atoms with van der Waals surface area (Å²) in [5.74, 6) is -1.54. The van der Waals surface area contributed by atoms with E-state index in [4.69, 9.17) is 5.73 Å². The Hall–Kier alpha value is -1.53. The molecule has 1 heterocycles. The highest BCUT2D eigenvalue weighted by molar-refractivity contribution is 5.45. The van der Waals surface area contributed by atoms with Crippen LogP contribution >= 0.6 is 0 Å². The minimum Gasteiger partial charge on any atom is -0.479 e. The van der Waals surface area contributed by atoms with Gasteiger partial charge in [-0.3, -0.25) is 0 Å². The van der Waals surface area contributed by atoms with Gasteiger partial charge in [-0.1, -0.05) is 0 Å². The molecule has 0 unspecified atom stereocenters. The molecule has 0 saturated heterocycles. The van der Waals surface area contributed by atoms with Crippen molar-refractivity contribution in [2.75, 3.05) is 12.8 Å². The van der Waals surface area contributed by atoms with Gasteiger partial charge in [0.1, 0.15) is 5.69 Å². The van der Waals surface area contributed by atoms with E-state index in [9.17, 15) is 13.2 Å². The summed E-state index contributed by atoms with van der Waals surface area (Å²) >= 11 is 0. The Morgan fingerprint density at radius 1 is 1.46 bits per heavy atom. The van der Waals surface area contributed by atoms with E-state index >= 15 is 0 Å². The lowest BCUT2D eigenvalue weighted by molar-refractivity contribution is -0.145. The fraction of sp³-hybridized carbons (Fsp3) is 0.333. The van der Waals surface area contributed by atoms with E-state index in [1.807, 2.05) is 0 Å². The third-order valence-corrected chi connectivity index (χ3v) is 1.23. The quantitative estimate of drug-likeness (QED) is 0.725. The van der Waals surface area contributed by atoms with Crippen molar-refractivity contribution in [3.05, 3.63) is 12.0 Å². The molecular weight excluding hydrogens is 187 g/mol. The Kier molecular flexibility index (Phi) is 2.26. The molecule has 1 aromatic heterocycles. The summed E-state index contributed by atoms with van der Waals surface area (Å²) in [5, 5.41) is 0. The van der Waals surface area contributed by atoms with E-state index in [1.165, 1.54) is 7.11 Å². The number of nitrogen functional groups attached to an aromatic ring is 1. The predicted molar refractivity (Wildman–Crippen MR) is 38.0 cm³/mol. The zero-order valence-electron chi connectivity index (χ0n) is 6.59. The van der Waals surface area contributed by atoms with Crippen LogP contribution in [0.25, 0.3) is 0 Å². The number of hydrogen-bond acceptors (Lipinski definition) is 4. The Morgan fingerprint density at radius 3 is 2.54 bits per heavy atom. The molecule has 4 nitrogen and oxygen atoms in total. The predicted octanol–water partition coefficient (Wildman–Crippen LogP) is 1.09. The van der Waals surface area contributed by atoms with Crippen molar-refractivity contribution in [3.8, 4) is 5.88 Å². The monoisotopic (exact) mass is 193 g/mol. The van der Waals surface area contributed by atoms with Gasteiger partial charge in [0.2, 0.25) is 11.7 Å². The van der Waals surface area contributed by atoms with Crippen LogP contribution in [0.15, 0.2) is 6.20 Å². The summed E-state index contributed by atoms with van der Waals surface area (Å²) in [6, 6.07) is 0. The van der Waals surface area contributed by atoms with Gasteiger partial charge >= 0.3 is 6.18 Å². The van der Waals surface area contributed by atoms with Gasteiger partial charge in [0.15, 0.2) is 0 Å². The molecule has 1 rings (SSSR count). The van der Waals surface area contributed by atoms with E-state index < -0.39 is 12.0 Å². The number of nitrogens with two attached hydrogens (primary N) is 1. The van der Waals surface area contributed by atoms with Gasteiger partial charge in [-0.05, 0) is 0 Å². The van der Waals surface area contributed by atoms with E-state index in [0.29, 0.717) is 0 Å². The number of alkyl halides is 3. The molecule has 7 heteroatoms. The Labute approximate surface area is 71.6 Å². The molecule has 2 N–H and O–H groups in total. The minimum atomic E-state index is -4.58. The van der Waals surface area contributed by atoms with Gasteiger partial charge in [0, 0.05) is 0 Å². The third kappa shape index (κ3) is 1.98. The maximum atomic E-state index is 12.0. The van der Waals surface area contributed by atoms with Gasteiger partial charge in [0.05, 0.1) is 13.3 Å². The Morgan fingerprint density at radius 2 is 2.08 bits per heavy atom. The van der Waals surface area contributed by atoms with Crippen molar-refractivity contribution in [2.45, 2.75) is 6.18 Å². The molecule has 0 fully saturated rings. The summed E-state index contributed by atoms with van der Waals surface area (Å²) in [6.07, 6.45) is -3.73. The summed E-state index contributed by atoms with van der Waals surface area (Å²) < 4.78 is 40.5. The van der Waals surface area contributed by atoms with E-state index in [1.54, 1.807) is 0 Å². The highest BCUT2D eigenvalue weighted by atomic mass is 19.4. The van der Waals surface area contributed by atoms with Crippen LogP contribution in [0.2, 0.25) is 0 Å². The first kappa shape index (κ1) is 9.56. The van der Waals surface area contributed by atoms with Crippen LogP contribution in [-0.2, 0) is 6.18 Å². The lowest BCUT2D eigenvalue weighted by Gasteiger charge is -2.07. The maximum Gasteiger partial charge on any atom is 0.451 e. The molecule has 0 aliphatic heterocycles. The van der Waals surface area contributed by atoms with Gasteiger partial charge in [-0.2, -0.15) is 18.2 Å². The molecule has 0 aliphatic carbocycles. The number of methoxy groups -OCH3 is 1. The first-order valence-electron chi connectivity index (χ1n) is 3.19. The molecule has 72 valence electrons. The number of nitrogens with zero attached hydrogens (tertiary/aromatic N) is 2. The molecule has 0 aliphatic rings. The molecular formula is C6H6F3N3O. The van der Waals surface area contributed by atoms with E-state index in [-0.39, 0.29) is 11.6 Å². The smallest absolute Gasteiger partial charge is 0.451 e. The molecule has 0 radical (unpaired) electrons. The van der Waals surface area contributed by atoms with E-state index in [0.717, 1.165) is 6.20 Å². The first-order valence-corrected chi connectivity index (χ1v) is 3.19. The highest BCUT2D eigenvalue weighted by Gasteiger charge is 2.35. The summed E-state index contributed by atoms with van der Waals surface area (Å²) in [5.41, 5.74) is 5.19. The standard InChI is InChI=1S/C6H6F3N3O/c1-13-4-3(10)2-11-5(12-4)6(7,8)9/h2H,10H2,1H3. The maximum absolute atomic E-state index is 12.0. The van der Waals surface area contributed by atoms with Crippen LogP contribution in [0.5, 0.6) is 5.88 Å². The molecule has 0 aromatic carbocycles. The molecule has 0 spiro atoms. The van der Waals surface area contributed by atoms with Crippen LogP contribution in [-0.4, -0.2) is 17.1 Å². The van der Waals surface area contributed by atoms with Gasteiger partial charge in [0.25, 0.3) is 0 Å². The first-order chi connectivity index (χ1) is 5.95. The van der Waals surface area contributed by atoms with Gasteiger partial charge < -0.3 is 10.5 Å². The summed E-state index contributed by atoms with van der Waals surface area (Å²) in [4.78, 5) is 6.10. The number of aromatic nitrogens is 2. The van der Waals surface area contributed by atoms with Crippen LogP contribution in [0.4, 0.5) is 18.9 Å². The molecule has 0 atom stereocenters. The molecule has 0 saturated carbocycles. The van der Waals surface area contributed by atoms with Crippen LogP contribution in [0, 0.1) is 0 Å². The number of halogens is 3. The largest absolute Gasteiger partial charge is 0.479 e. The number of hydrogen-bond donors (Lipinski definition) is 1. The van der Waals surface area contributed by atoms with Crippen molar-refractivity contribution < 1.29 is 17.9 Å². The second kappa shape index (κ2) is 3.08. The van der Waals surface area contributed by atoms with Crippen molar-refractivity contribution in [3.63, 3.8) is 0 Å². The fourth-order valence-electron chi connectivity index (χ4n) is 0.676. The molecule has 0 bridgehead atoms. The summed E-state index contributed by atoms with van der Waals surface area (Å²) in [7, 11) is 1.18. The second-order valence-corrected chi connectivity index (χ2v) is 2.16. The Bertz CT molecular complexity index is 312. The molecule has 13 heavy (non-hydrogen) atoms. The second-order valence-electron chi connectivity index (χ2n) is 2.16. The number of rotatable bonds is 1. The van der Waals surface area contributed by atoms with Crippen molar-refractivity contribution in [2.24, 2.45) is 0 Å². The molecule has 1 aromatic rings.